The van der Waals surface area contributed by atoms with Crippen molar-refractivity contribution < 1.29 is 24.3 Å². The predicted molar refractivity (Wildman–Crippen MR) is 35.4 cm³/mol. The summed E-state index contributed by atoms with van der Waals surface area (Å²) in [6, 6.07) is 0. The Hall–Kier alpha value is -1.52. The summed E-state index contributed by atoms with van der Waals surface area (Å²) in [6.07, 6.45) is -0.695. The zero-order valence-electron chi connectivity index (χ0n) is 6.07. The molecule has 5 heteroatoms. The molecule has 1 saturated carbocycles. The molecule has 1 fully saturated rings. The van der Waals surface area contributed by atoms with Gasteiger partial charge in [0.2, 0.25) is 11.6 Å². The van der Waals surface area contributed by atoms with Crippen molar-refractivity contribution in [2.75, 3.05) is 0 Å². The molecule has 64 valence electrons. The predicted octanol–water partition coefficient (Wildman–Crippen LogP) is -0.812. The first kappa shape index (κ1) is 8.58. The zero-order valence-corrected chi connectivity index (χ0v) is 6.07. The van der Waals surface area contributed by atoms with Crippen molar-refractivity contribution >= 4 is 23.3 Å². The van der Waals surface area contributed by atoms with Crippen LogP contribution in [-0.4, -0.2) is 28.4 Å². The van der Waals surface area contributed by atoms with Crippen LogP contribution in [0.1, 0.15) is 12.8 Å². The lowest BCUT2D eigenvalue weighted by Crippen LogP contribution is -2.36. The number of carbonyl (C=O) groups is 4. The van der Waals surface area contributed by atoms with Gasteiger partial charge in [-0.1, -0.05) is 0 Å². The van der Waals surface area contributed by atoms with E-state index >= 15 is 0 Å². The minimum atomic E-state index is -1.20. The van der Waals surface area contributed by atoms with Crippen molar-refractivity contribution in [1.82, 2.24) is 0 Å². The number of carboxylic acid groups (broad SMARTS) is 1. The van der Waals surface area contributed by atoms with Crippen LogP contribution in [0.3, 0.4) is 0 Å². The van der Waals surface area contributed by atoms with Gasteiger partial charge in [0.15, 0.2) is 0 Å². The minimum Gasteiger partial charge on any atom is -0.481 e. The molecular weight excluding hydrogens is 164 g/mol. The summed E-state index contributed by atoms with van der Waals surface area (Å²) < 4.78 is 0. The number of carboxylic acids is 1. The Morgan fingerprint density at radius 1 is 1.17 bits per heavy atom. The maximum atomic E-state index is 10.7. The van der Waals surface area contributed by atoms with Gasteiger partial charge in [-0.3, -0.25) is 19.2 Å². The third kappa shape index (κ3) is 1.39. The monoisotopic (exact) mass is 170 g/mol. The lowest BCUT2D eigenvalue weighted by Gasteiger charge is -2.13. The molecule has 0 bridgehead atoms. The van der Waals surface area contributed by atoms with E-state index in [1.165, 1.54) is 0 Å². The van der Waals surface area contributed by atoms with E-state index in [1.807, 2.05) is 0 Å². The SMILES string of the molecule is O=C1CC(C(=O)O)CC(=O)C1=O. The number of Topliss-reactive ketones (excluding diaryl/α,β-unsaturated/α-hetero) is 3. The molecule has 0 amide bonds. The van der Waals surface area contributed by atoms with Crippen molar-refractivity contribution in [1.29, 1.82) is 0 Å². The summed E-state index contributed by atoms with van der Waals surface area (Å²) in [5.74, 6) is -5.06. The Balaban J connectivity index is 2.79. The second kappa shape index (κ2) is 2.84. The summed E-state index contributed by atoms with van der Waals surface area (Å²) >= 11 is 0. The van der Waals surface area contributed by atoms with Gasteiger partial charge in [-0.2, -0.15) is 0 Å². The first-order valence-electron chi connectivity index (χ1n) is 3.35. The van der Waals surface area contributed by atoms with Crippen LogP contribution in [0.5, 0.6) is 0 Å². The van der Waals surface area contributed by atoms with E-state index in [-0.39, 0.29) is 12.8 Å². The molecule has 1 aliphatic carbocycles. The summed E-state index contributed by atoms with van der Waals surface area (Å²) in [5.41, 5.74) is 0. The lowest BCUT2D eigenvalue weighted by molar-refractivity contribution is -0.153. The Labute approximate surface area is 67.4 Å². The van der Waals surface area contributed by atoms with Gasteiger partial charge in [-0.05, 0) is 0 Å². The molecule has 0 heterocycles. The normalized spacial score (nSPS) is 19.8. The highest BCUT2D eigenvalue weighted by Crippen LogP contribution is 2.16. The fourth-order valence-corrected chi connectivity index (χ4v) is 1.04. The molecule has 0 aromatic carbocycles. The number of carbonyl (C=O) groups excluding carboxylic acids is 3. The topological polar surface area (TPSA) is 88.5 Å². The second-order valence-corrected chi connectivity index (χ2v) is 2.62. The molecule has 1 aliphatic rings. The molecule has 0 aromatic heterocycles. The van der Waals surface area contributed by atoms with Gasteiger partial charge in [0.1, 0.15) is 0 Å². The standard InChI is InChI=1S/C7H6O5/c8-4-1-3(7(11)12)2-5(9)6(4)10/h3H,1-2H2,(H,11,12). The van der Waals surface area contributed by atoms with E-state index in [9.17, 15) is 19.2 Å². The third-order valence-electron chi connectivity index (χ3n) is 1.72. The van der Waals surface area contributed by atoms with Crippen LogP contribution in [0.25, 0.3) is 0 Å². The minimum absolute atomic E-state index is 0.347. The van der Waals surface area contributed by atoms with Crippen molar-refractivity contribution in [2.24, 2.45) is 5.92 Å². The van der Waals surface area contributed by atoms with E-state index in [2.05, 4.69) is 0 Å². The molecule has 5 nitrogen and oxygen atoms in total. The van der Waals surface area contributed by atoms with E-state index in [1.54, 1.807) is 0 Å². The zero-order chi connectivity index (χ0) is 9.30. The van der Waals surface area contributed by atoms with Crippen LogP contribution in [0.2, 0.25) is 0 Å². The molecule has 1 rings (SSSR count). The summed E-state index contributed by atoms with van der Waals surface area (Å²) in [7, 11) is 0. The average Bonchev–Trinajstić information content (AvgIpc) is 1.99. The number of aliphatic carboxylic acids is 1. The van der Waals surface area contributed by atoms with Crippen molar-refractivity contribution in [2.45, 2.75) is 12.8 Å². The van der Waals surface area contributed by atoms with Gasteiger partial charge in [0.25, 0.3) is 5.78 Å². The summed E-state index contributed by atoms with van der Waals surface area (Å²) in [4.78, 5) is 42.3. The molecule has 0 aliphatic heterocycles. The number of hydrogen-bond acceptors (Lipinski definition) is 4. The van der Waals surface area contributed by atoms with Gasteiger partial charge in [-0.25, -0.2) is 0 Å². The van der Waals surface area contributed by atoms with Crippen molar-refractivity contribution in [3.05, 3.63) is 0 Å². The fraction of sp³-hybridized carbons (Fsp3) is 0.429. The highest BCUT2D eigenvalue weighted by atomic mass is 16.4. The quantitative estimate of drug-likeness (QED) is 0.520. The van der Waals surface area contributed by atoms with E-state index in [0.717, 1.165) is 0 Å². The first-order valence-corrected chi connectivity index (χ1v) is 3.35. The van der Waals surface area contributed by atoms with Crippen LogP contribution >= 0.6 is 0 Å². The van der Waals surface area contributed by atoms with Crippen LogP contribution in [0, 0.1) is 5.92 Å². The smallest absolute Gasteiger partial charge is 0.307 e. The number of ketones is 3. The largest absolute Gasteiger partial charge is 0.481 e. The molecule has 0 aromatic rings. The molecule has 0 radical (unpaired) electrons. The molecule has 1 N–H and O–H groups in total. The lowest BCUT2D eigenvalue weighted by atomic mass is 9.87. The Kier molecular flexibility index (Phi) is 2.03. The number of hydrogen-bond donors (Lipinski definition) is 1. The molecule has 0 saturated heterocycles. The van der Waals surface area contributed by atoms with E-state index in [4.69, 9.17) is 5.11 Å². The Morgan fingerprint density at radius 3 is 1.92 bits per heavy atom. The molecular formula is C7H6O5. The second-order valence-electron chi connectivity index (χ2n) is 2.62. The average molecular weight is 170 g/mol. The Morgan fingerprint density at radius 2 is 1.58 bits per heavy atom. The maximum Gasteiger partial charge on any atom is 0.307 e. The van der Waals surface area contributed by atoms with Crippen molar-refractivity contribution in [3.8, 4) is 0 Å². The first-order chi connectivity index (χ1) is 5.52. The molecule has 0 unspecified atom stereocenters. The van der Waals surface area contributed by atoms with Crippen LogP contribution < -0.4 is 0 Å². The van der Waals surface area contributed by atoms with Crippen LogP contribution in [0.4, 0.5) is 0 Å². The van der Waals surface area contributed by atoms with Crippen LogP contribution in [0.15, 0.2) is 0 Å². The van der Waals surface area contributed by atoms with Gasteiger partial charge in [-0.15, -0.1) is 0 Å². The van der Waals surface area contributed by atoms with E-state index < -0.39 is 29.2 Å². The summed E-state index contributed by atoms with van der Waals surface area (Å²) in [6.45, 7) is 0. The highest BCUT2D eigenvalue weighted by Gasteiger charge is 2.36. The fourth-order valence-electron chi connectivity index (χ4n) is 1.04. The van der Waals surface area contributed by atoms with Gasteiger partial charge in [0.05, 0.1) is 5.92 Å². The van der Waals surface area contributed by atoms with Gasteiger partial charge >= 0.3 is 5.97 Å². The maximum absolute atomic E-state index is 10.7. The van der Waals surface area contributed by atoms with Gasteiger partial charge < -0.3 is 5.11 Å². The Bertz CT molecular complexity index is 258. The summed E-state index contributed by atoms with van der Waals surface area (Å²) in [5, 5.41) is 8.44. The molecule has 0 spiro atoms. The highest BCUT2D eigenvalue weighted by molar-refractivity contribution is 6.65. The third-order valence-corrected chi connectivity index (χ3v) is 1.72. The van der Waals surface area contributed by atoms with Crippen molar-refractivity contribution in [3.63, 3.8) is 0 Å². The number of rotatable bonds is 1. The molecule has 12 heavy (non-hydrogen) atoms. The van der Waals surface area contributed by atoms with Crippen LogP contribution in [-0.2, 0) is 19.2 Å². The van der Waals surface area contributed by atoms with E-state index in [0.29, 0.717) is 0 Å². The van der Waals surface area contributed by atoms with Gasteiger partial charge in [0, 0.05) is 12.8 Å². The molecule has 0 atom stereocenters.